The molecule has 26 heavy (non-hydrogen) atoms. The van der Waals surface area contributed by atoms with Crippen LogP contribution in [0.4, 0.5) is 10.1 Å². The third-order valence-corrected chi connectivity index (χ3v) is 4.63. The number of benzene rings is 2. The number of halogens is 1. The van der Waals surface area contributed by atoms with Crippen LogP contribution in [-0.2, 0) is 24.1 Å². The fraction of sp³-hybridized carbons (Fsp3) is 0.238. The lowest BCUT2D eigenvalue weighted by atomic mass is 10.1. The summed E-state index contributed by atoms with van der Waals surface area (Å²) in [4.78, 5) is 16.4. The summed E-state index contributed by atoms with van der Waals surface area (Å²) in [5.41, 5.74) is 4.32. The molecular weight excluding hydrogens is 331 g/mol. The van der Waals surface area contributed by atoms with Crippen molar-refractivity contribution in [2.45, 2.75) is 32.1 Å². The monoisotopic (exact) mass is 350 g/mol. The van der Waals surface area contributed by atoms with Gasteiger partial charge in [0.25, 0.3) is 0 Å². The highest BCUT2D eigenvalue weighted by molar-refractivity contribution is 5.90. The van der Waals surface area contributed by atoms with E-state index in [9.17, 15) is 9.18 Å². The lowest BCUT2D eigenvalue weighted by molar-refractivity contribution is -0.116. The highest BCUT2D eigenvalue weighted by atomic mass is 19.1. The normalized spacial score (nSPS) is 12.8. The zero-order valence-corrected chi connectivity index (χ0v) is 14.3. The third kappa shape index (κ3) is 3.67. The van der Waals surface area contributed by atoms with Crippen LogP contribution in [0.15, 0.2) is 53.1 Å². The molecule has 0 fully saturated rings. The van der Waals surface area contributed by atoms with Gasteiger partial charge in [-0.2, -0.15) is 0 Å². The van der Waals surface area contributed by atoms with Gasteiger partial charge in [0.2, 0.25) is 5.91 Å². The minimum atomic E-state index is -0.295. The highest BCUT2D eigenvalue weighted by Gasteiger charge is 2.13. The Bertz CT molecular complexity index is 931. The zero-order valence-electron chi connectivity index (χ0n) is 14.3. The fourth-order valence-electron chi connectivity index (χ4n) is 3.27. The van der Waals surface area contributed by atoms with Crippen LogP contribution in [-0.4, -0.2) is 10.9 Å². The van der Waals surface area contributed by atoms with Gasteiger partial charge >= 0.3 is 0 Å². The van der Waals surface area contributed by atoms with Crippen molar-refractivity contribution in [1.29, 1.82) is 0 Å². The van der Waals surface area contributed by atoms with Crippen molar-refractivity contribution < 1.29 is 13.6 Å². The van der Waals surface area contributed by atoms with Crippen molar-refractivity contribution in [2.75, 3.05) is 5.32 Å². The molecule has 0 saturated heterocycles. The summed E-state index contributed by atoms with van der Waals surface area (Å²) in [5, 5.41) is 2.94. The summed E-state index contributed by atoms with van der Waals surface area (Å²) in [6.07, 6.45) is 5.71. The number of oxazole rings is 1. The zero-order chi connectivity index (χ0) is 17.9. The Morgan fingerprint density at radius 2 is 1.92 bits per heavy atom. The van der Waals surface area contributed by atoms with E-state index >= 15 is 0 Å². The summed E-state index contributed by atoms with van der Waals surface area (Å²) >= 11 is 0. The lowest BCUT2D eigenvalue weighted by Gasteiger charge is -2.07. The maximum Gasteiger partial charge on any atom is 0.224 e. The molecule has 5 heteroatoms. The Balaban J connectivity index is 1.34. The number of anilines is 1. The predicted molar refractivity (Wildman–Crippen MR) is 97.3 cm³/mol. The maximum atomic E-state index is 13.0. The van der Waals surface area contributed by atoms with Gasteiger partial charge in [-0.25, -0.2) is 9.37 Å². The average molecular weight is 350 g/mol. The molecule has 3 aromatic rings. The van der Waals surface area contributed by atoms with Crippen LogP contribution >= 0.6 is 0 Å². The Kier molecular flexibility index (Phi) is 4.52. The minimum absolute atomic E-state index is 0.0653. The Morgan fingerprint density at radius 1 is 1.12 bits per heavy atom. The van der Waals surface area contributed by atoms with Gasteiger partial charge in [-0.15, -0.1) is 0 Å². The predicted octanol–water partition coefficient (Wildman–Crippen LogP) is 4.54. The molecule has 0 saturated carbocycles. The summed E-state index contributed by atoms with van der Waals surface area (Å²) < 4.78 is 18.6. The van der Waals surface area contributed by atoms with Crippen molar-refractivity contribution in [3.05, 3.63) is 71.5 Å². The molecule has 0 aliphatic heterocycles. The van der Waals surface area contributed by atoms with E-state index in [4.69, 9.17) is 4.42 Å². The number of nitrogens with one attached hydrogen (secondary N) is 1. The van der Waals surface area contributed by atoms with Gasteiger partial charge in [-0.05, 0) is 66.8 Å². The Hall–Kier alpha value is -2.95. The number of rotatable bonds is 5. The van der Waals surface area contributed by atoms with E-state index in [0.717, 1.165) is 24.1 Å². The van der Waals surface area contributed by atoms with Gasteiger partial charge in [0.05, 0.1) is 6.20 Å². The first-order chi connectivity index (χ1) is 12.7. The summed E-state index contributed by atoms with van der Waals surface area (Å²) in [6.45, 7) is 0. The van der Waals surface area contributed by atoms with Crippen LogP contribution in [0, 0.1) is 5.82 Å². The number of carbonyl (C=O) groups is 1. The van der Waals surface area contributed by atoms with E-state index in [1.54, 1.807) is 18.3 Å². The van der Waals surface area contributed by atoms with Crippen LogP contribution in [0.1, 0.15) is 29.9 Å². The van der Waals surface area contributed by atoms with Gasteiger partial charge < -0.3 is 9.73 Å². The average Bonchev–Trinajstić information content (AvgIpc) is 3.29. The lowest BCUT2D eigenvalue weighted by Crippen LogP contribution is -2.12. The number of amides is 1. The summed E-state index contributed by atoms with van der Waals surface area (Å²) in [5.74, 6) is 0.702. The standard InChI is InChI=1S/C21H19FN2O2/c22-17-7-4-15(5-8-17)19-13-23-21(26-19)11-10-20(25)24-18-9-6-14-2-1-3-16(14)12-18/h4-9,12-13H,1-3,10-11H2,(H,24,25). The molecule has 0 unspecified atom stereocenters. The molecule has 0 spiro atoms. The van der Waals surface area contributed by atoms with Gasteiger partial charge in [0.15, 0.2) is 11.7 Å². The van der Waals surface area contributed by atoms with Crippen molar-refractivity contribution in [3.8, 4) is 11.3 Å². The molecule has 1 N–H and O–H groups in total. The van der Waals surface area contributed by atoms with Crippen molar-refractivity contribution in [1.82, 2.24) is 4.98 Å². The first-order valence-corrected chi connectivity index (χ1v) is 8.80. The van der Waals surface area contributed by atoms with E-state index in [0.29, 0.717) is 24.5 Å². The molecule has 1 heterocycles. The molecule has 0 bridgehead atoms. The first kappa shape index (κ1) is 16.5. The van der Waals surface area contributed by atoms with Gasteiger partial charge in [-0.1, -0.05) is 6.07 Å². The van der Waals surface area contributed by atoms with Gasteiger partial charge in [-0.3, -0.25) is 4.79 Å². The smallest absolute Gasteiger partial charge is 0.224 e. The molecule has 2 aromatic carbocycles. The van der Waals surface area contributed by atoms with Crippen molar-refractivity contribution >= 4 is 11.6 Å². The summed E-state index contributed by atoms with van der Waals surface area (Å²) in [7, 11) is 0. The second-order valence-corrected chi connectivity index (χ2v) is 6.51. The molecule has 1 aliphatic carbocycles. The number of aryl methyl sites for hydroxylation is 3. The Labute approximate surface area is 151 Å². The molecule has 0 atom stereocenters. The second-order valence-electron chi connectivity index (χ2n) is 6.51. The van der Waals surface area contributed by atoms with Crippen molar-refractivity contribution in [3.63, 3.8) is 0 Å². The number of carbonyl (C=O) groups excluding carboxylic acids is 1. The van der Waals surface area contributed by atoms with Crippen LogP contribution in [0.5, 0.6) is 0 Å². The quantitative estimate of drug-likeness (QED) is 0.735. The number of hydrogen-bond donors (Lipinski definition) is 1. The number of fused-ring (bicyclic) bond motifs is 1. The molecule has 0 radical (unpaired) electrons. The fourth-order valence-corrected chi connectivity index (χ4v) is 3.27. The maximum absolute atomic E-state index is 13.0. The molecule has 132 valence electrons. The molecular formula is C21H19FN2O2. The highest BCUT2D eigenvalue weighted by Crippen LogP contribution is 2.25. The molecule has 1 aliphatic rings. The van der Waals surface area contributed by atoms with E-state index in [1.807, 2.05) is 6.07 Å². The largest absolute Gasteiger partial charge is 0.441 e. The number of hydrogen-bond acceptors (Lipinski definition) is 3. The van der Waals surface area contributed by atoms with Crippen LogP contribution in [0.25, 0.3) is 11.3 Å². The minimum Gasteiger partial charge on any atom is -0.441 e. The molecule has 1 aromatic heterocycles. The van der Waals surface area contributed by atoms with E-state index in [-0.39, 0.29) is 11.7 Å². The first-order valence-electron chi connectivity index (χ1n) is 8.80. The van der Waals surface area contributed by atoms with Crippen LogP contribution in [0.2, 0.25) is 0 Å². The Morgan fingerprint density at radius 3 is 2.77 bits per heavy atom. The summed E-state index contributed by atoms with van der Waals surface area (Å²) in [6, 6.07) is 12.2. The second kappa shape index (κ2) is 7.12. The van der Waals surface area contributed by atoms with E-state index < -0.39 is 0 Å². The third-order valence-electron chi connectivity index (χ3n) is 4.63. The van der Waals surface area contributed by atoms with Crippen LogP contribution < -0.4 is 5.32 Å². The van der Waals surface area contributed by atoms with E-state index in [2.05, 4.69) is 22.4 Å². The van der Waals surface area contributed by atoms with Gasteiger partial charge in [0.1, 0.15) is 5.82 Å². The molecule has 4 nitrogen and oxygen atoms in total. The van der Waals surface area contributed by atoms with E-state index in [1.165, 1.54) is 29.7 Å². The molecule has 1 amide bonds. The topological polar surface area (TPSA) is 55.1 Å². The van der Waals surface area contributed by atoms with Crippen molar-refractivity contribution in [2.24, 2.45) is 0 Å². The van der Waals surface area contributed by atoms with Crippen LogP contribution in [0.3, 0.4) is 0 Å². The number of aromatic nitrogens is 1. The number of nitrogens with zero attached hydrogens (tertiary/aromatic N) is 1. The SMILES string of the molecule is O=C(CCc1ncc(-c2ccc(F)cc2)o1)Nc1ccc2c(c1)CCC2. The van der Waals surface area contributed by atoms with Gasteiger partial charge in [0, 0.05) is 24.1 Å². The molecule has 4 rings (SSSR count).